The van der Waals surface area contributed by atoms with E-state index >= 15 is 0 Å². The number of alkyl halides is 3. The van der Waals surface area contributed by atoms with E-state index in [2.05, 4.69) is 25.7 Å². The van der Waals surface area contributed by atoms with E-state index in [1.54, 1.807) is 15.8 Å². The Kier molecular flexibility index (Phi) is 6.73. The van der Waals surface area contributed by atoms with Crippen molar-refractivity contribution in [2.24, 2.45) is 0 Å². The Morgan fingerprint density at radius 2 is 1.95 bits per heavy atom. The molecule has 13 heteroatoms. The zero-order chi connectivity index (χ0) is 27.7. The number of benzene rings is 1. The number of amides is 1. The molecule has 0 radical (unpaired) electrons. The van der Waals surface area contributed by atoms with Crippen molar-refractivity contribution in [3.05, 3.63) is 78.6 Å². The first-order valence-corrected chi connectivity index (χ1v) is 12.0. The normalized spacial score (nSPS) is 15.9. The SMILES string of the molecule is Cc1ccn2c1C(=O)N(c1ccccc1)C([C@H](C)Nc1ncnc(N)c1-c1cncc(OCC(F)(F)F)c1)N2. The number of para-hydroxylation sites is 1. The number of nitrogens with zero attached hydrogens (tertiary/aromatic N) is 5. The summed E-state index contributed by atoms with van der Waals surface area (Å²) in [5.74, 6) is 0.131. The molecule has 2 atom stereocenters. The highest BCUT2D eigenvalue weighted by molar-refractivity contribution is 6.07. The van der Waals surface area contributed by atoms with Crippen LogP contribution >= 0.6 is 0 Å². The van der Waals surface area contributed by atoms with Gasteiger partial charge in [0.2, 0.25) is 0 Å². The molecule has 5 rings (SSSR count). The number of pyridine rings is 1. The van der Waals surface area contributed by atoms with Crippen LogP contribution in [0.1, 0.15) is 23.0 Å². The molecule has 202 valence electrons. The molecule has 0 saturated heterocycles. The lowest BCUT2D eigenvalue weighted by Gasteiger charge is -2.41. The third-order valence-corrected chi connectivity index (χ3v) is 6.21. The van der Waals surface area contributed by atoms with Gasteiger partial charge >= 0.3 is 6.18 Å². The summed E-state index contributed by atoms with van der Waals surface area (Å²) in [7, 11) is 0. The van der Waals surface area contributed by atoms with Gasteiger partial charge in [0.05, 0.1) is 17.8 Å². The van der Waals surface area contributed by atoms with Crippen molar-refractivity contribution >= 4 is 23.2 Å². The van der Waals surface area contributed by atoms with E-state index in [1.165, 1.54) is 24.8 Å². The summed E-state index contributed by atoms with van der Waals surface area (Å²) in [5.41, 5.74) is 12.3. The Hall–Kier alpha value is -4.81. The van der Waals surface area contributed by atoms with Crippen LogP contribution in [0.3, 0.4) is 0 Å². The van der Waals surface area contributed by atoms with Gasteiger partial charge in [-0.1, -0.05) is 18.2 Å². The van der Waals surface area contributed by atoms with Gasteiger partial charge in [0.15, 0.2) is 6.61 Å². The molecule has 0 aliphatic carbocycles. The number of rotatable bonds is 7. The fraction of sp³-hybridized carbons (Fsp3) is 0.231. The highest BCUT2D eigenvalue weighted by atomic mass is 19.4. The first-order valence-electron chi connectivity index (χ1n) is 12.0. The molecule has 0 saturated carbocycles. The minimum Gasteiger partial charge on any atom is -0.482 e. The molecule has 10 nitrogen and oxygen atoms in total. The Bertz CT molecular complexity index is 1490. The fourth-order valence-corrected chi connectivity index (χ4v) is 4.44. The number of hydrogen-bond acceptors (Lipinski definition) is 8. The number of nitrogen functional groups attached to an aromatic ring is 1. The average molecular weight is 539 g/mol. The maximum atomic E-state index is 13.7. The summed E-state index contributed by atoms with van der Waals surface area (Å²) < 4.78 is 44.5. The van der Waals surface area contributed by atoms with Crippen LogP contribution in [0.15, 0.2) is 67.4 Å². The second kappa shape index (κ2) is 10.2. The number of carbonyl (C=O) groups excluding carboxylic acids is 1. The number of hydrogen-bond donors (Lipinski definition) is 3. The van der Waals surface area contributed by atoms with Crippen LogP contribution in [-0.4, -0.2) is 50.5 Å². The molecule has 1 amide bonds. The minimum absolute atomic E-state index is 0.0858. The zero-order valence-corrected chi connectivity index (χ0v) is 21.0. The number of anilines is 3. The van der Waals surface area contributed by atoms with Crippen molar-refractivity contribution < 1.29 is 22.7 Å². The molecule has 4 N–H and O–H groups in total. The Labute approximate surface area is 221 Å². The number of nitrogens with one attached hydrogen (secondary N) is 2. The first-order chi connectivity index (χ1) is 18.6. The van der Waals surface area contributed by atoms with Crippen molar-refractivity contribution in [2.45, 2.75) is 32.2 Å². The number of aryl methyl sites for hydroxylation is 1. The predicted octanol–water partition coefficient (Wildman–Crippen LogP) is 4.20. The standard InChI is InChI=1S/C26H25F3N8O2/c1-15-8-9-36-21(15)25(38)37(18-6-4-3-5-7-18)24(35-36)16(2)34-23-20(22(30)32-14-33-23)17-10-19(12-31-11-17)39-13-26(27,28)29/h3-12,14,16,24,35H,13H2,1-2H3,(H3,30,32,33,34)/t16-,24?/m0/s1. The van der Waals surface area contributed by atoms with E-state index in [1.807, 2.05) is 50.2 Å². The van der Waals surface area contributed by atoms with Crippen LogP contribution in [0.2, 0.25) is 0 Å². The van der Waals surface area contributed by atoms with Crippen LogP contribution in [0.4, 0.5) is 30.5 Å². The molecule has 4 heterocycles. The lowest BCUT2D eigenvalue weighted by Crippen LogP contribution is -2.59. The maximum absolute atomic E-state index is 13.7. The molecule has 1 aromatic carbocycles. The molecule has 1 unspecified atom stereocenters. The minimum atomic E-state index is -4.50. The van der Waals surface area contributed by atoms with Crippen LogP contribution < -0.4 is 26.1 Å². The van der Waals surface area contributed by atoms with Gasteiger partial charge in [-0.3, -0.25) is 19.4 Å². The van der Waals surface area contributed by atoms with Crippen molar-refractivity contribution in [3.8, 4) is 16.9 Å². The van der Waals surface area contributed by atoms with Gasteiger partial charge in [-0.25, -0.2) is 9.97 Å². The van der Waals surface area contributed by atoms with Gasteiger partial charge in [-0.15, -0.1) is 0 Å². The van der Waals surface area contributed by atoms with E-state index in [9.17, 15) is 18.0 Å². The first kappa shape index (κ1) is 25.8. The van der Waals surface area contributed by atoms with E-state index in [4.69, 9.17) is 10.5 Å². The molecule has 1 aliphatic heterocycles. The second-order valence-electron chi connectivity index (χ2n) is 9.03. The zero-order valence-electron chi connectivity index (χ0n) is 21.0. The second-order valence-corrected chi connectivity index (χ2v) is 9.03. The molecule has 1 aliphatic rings. The van der Waals surface area contributed by atoms with Crippen LogP contribution in [0.5, 0.6) is 5.75 Å². The molecule has 0 bridgehead atoms. The van der Waals surface area contributed by atoms with Crippen LogP contribution in [0.25, 0.3) is 11.1 Å². The lowest BCUT2D eigenvalue weighted by atomic mass is 10.1. The molecule has 3 aromatic heterocycles. The van der Waals surface area contributed by atoms with Crippen molar-refractivity contribution in [1.29, 1.82) is 0 Å². The summed E-state index contributed by atoms with van der Waals surface area (Å²) in [4.78, 5) is 27.7. The maximum Gasteiger partial charge on any atom is 0.422 e. The third kappa shape index (κ3) is 5.28. The topological polar surface area (TPSA) is 123 Å². The summed E-state index contributed by atoms with van der Waals surface area (Å²) in [6, 6.07) is 12.1. The Morgan fingerprint density at radius 3 is 2.69 bits per heavy atom. The highest BCUT2D eigenvalue weighted by Gasteiger charge is 2.38. The quantitative estimate of drug-likeness (QED) is 0.320. The predicted molar refractivity (Wildman–Crippen MR) is 140 cm³/mol. The van der Waals surface area contributed by atoms with Gasteiger partial charge in [0.25, 0.3) is 5.91 Å². The van der Waals surface area contributed by atoms with E-state index in [0.717, 1.165) is 5.56 Å². The summed E-state index contributed by atoms with van der Waals surface area (Å²) in [6.07, 6.45) is 0.600. The summed E-state index contributed by atoms with van der Waals surface area (Å²) >= 11 is 0. The largest absolute Gasteiger partial charge is 0.482 e. The van der Waals surface area contributed by atoms with E-state index < -0.39 is 25.0 Å². The molecule has 4 aromatic rings. The molecular formula is C26H25F3N8O2. The number of halogens is 3. The smallest absolute Gasteiger partial charge is 0.422 e. The number of ether oxygens (including phenoxy) is 1. The number of fused-ring (bicyclic) bond motifs is 1. The van der Waals surface area contributed by atoms with Gasteiger partial charge in [-0.05, 0) is 43.7 Å². The summed E-state index contributed by atoms with van der Waals surface area (Å²) in [6.45, 7) is 2.27. The fourth-order valence-electron chi connectivity index (χ4n) is 4.44. The van der Waals surface area contributed by atoms with Gasteiger partial charge < -0.3 is 21.2 Å². The van der Waals surface area contributed by atoms with Gasteiger partial charge in [0.1, 0.15) is 35.6 Å². The number of nitrogens with two attached hydrogens (primary N) is 1. The van der Waals surface area contributed by atoms with E-state index in [-0.39, 0.29) is 17.5 Å². The number of aromatic nitrogens is 4. The average Bonchev–Trinajstić information content (AvgIpc) is 3.28. The Morgan fingerprint density at radius 1 is 1.18 bits per heavy atom. The van der Waals surface area contributed by atoms with Crippen LogP contribution in [0, 0.1) is 6.92 Å². The van der Waals surface area contributed by atoms with E-state index in [0.29, 0.717) is 28.3 Å². The van der Waals surface area contributed by atoms with Crippen LogP contribution in [-0.2, 0) is 0 Å². The van der Waals surface area contributed by atoms with Gasteiger partial charge in [0, 0.05) is 23.6 Å². The molecule has 0 spiro atoms. The van der Waals surface area contributed by atoms with Gasteiger partial charge in [-0.2, -0.15) is 13.2 Å². The monoisotopic (exact) mass is 538 g/mol. The molecule has 39 heavy (non-hydrogen) atoms. The molecule has 0 fully saturated rings. The third-order valence-electron chi connectivity index (χ3n) is 6.21. The Balaban J connectivity index is 1.48. The summed E-state index contributed by atoms with van der Waals surface area (Å²) in [5, 5.41) is 3.30. The van der Waals surface area contributed by atoms with Crippen molar-refractivity contribution in [2.75, 3.05) is 28.0 Å². The van der Waals surface area contributed by atoms with Crippen molar-refractivity contribution in [1.82, 2.24) is 19.6 Å². The van der Waals surface area contributed by atoms with Crippen molar-refractivity contribution in [3.63, 3.8) is 0 Å². The lowest BCUT2D eigenvalue weighted by molar-refractivity contribution is -0.153. The number of carbonyl (C=O) groups is 1. The highest BCUT2D eigenvalue weighted by Crippen LogP contribution is 2.34. The molecular weight excluding hydrogens is 513 g/mol.